The Morgan fingerprint density at radius 2 is 1.54 bits per heavy atom. The maximum atomic E-state index is 11.3. The van der Waals surface area contributed by atoms with Gasteiger partial charge in [-0.2, -0.15) is 0 Å². The molecule has 4 aliphatic heterocycles. The highest BCUT2D eigenvalue weighted by molar-refractivity contribution is 6.20. The number of H-pyrrole nitrogens is 1. The van der Waals surface area contributed by atoms with Crippen molar-refractivity contribution >= 4 is 29.5 Å². The van der Waals surface area contributed by atoms with E-state index < -0.39 is 0 Å². The lowest BCUT2D eigenvalue weighted by Gasteiger charge is -2.08. The molecule has 124 valence electrons. The fraction of sp³-hybridized carbons (Fsp3) is 0.0476. The van der Waals surface area contributed by atoms with Crippen LogP contribution in [0.15, 0.2) is 87.3 Å². The molecule has 0 aromatic carbocycles. The summed E-state index contributed by atoms with van der Waals surface area (Å²) >= 11 is 0. The molecule has 0 spiro atoms. The molecule has 2 N–H and O–H groups in total. The zero-order valence-corrected chi connectivity index (χ0v) is 13.7. The van der Waals surface area contributed by atoms with E-state index in [0.717, 1.165) is 39.2 Å². The lowest BCUT2D eigenvalue weighted by Crippen LogP contribution is -2.21. The van der Waals surface area contributed by atoms with E-state index in [0.29, 0.717) is 5.57 Å². The number of aliphatic imine (C=N–C) groups is 2. The highest BCUT2D eigenvalue weighted by Crippen LogP contribution is 2.22. The lowest BCUT2D eigenvalue weighted by molar-refractivity contribution is 0.566. The second-order valence-electron chi connectivity index (χ2n) is 6.34. The van der Waals surface area contributed by atoms with Crippen molar-refractivity contribution in [2.75, 3.05) is 0 Å². The molecular formula is C21H14N4O. The summed E-state index contributed by atoms with van der Waals surface area (Å²) < 4.78 is 0. The summed E-state index contributed by atoms with van der Waals surface area (Å²) in [6.45, 7) is 0. The van der Waals surface area contributed by atoms with Gasteiger partial charge in [0.2, 0.25) is 0 Å². The number of nitrogens with zero attached hydrogens (tertiary/aromatic N) is 2. The summed E-state index contributed by atoms with van der Waals surface area (Å²) in [5.74, 6) is 2.02. The Bertz CT molecular complexity index is 1200. The zero-order valence-electron chi connectivity index (χ0n) is 13.7. The molecular weight excluding hydrogens is 324 g/mol. The van der Waals surface area contributed by atoms with E-state index in [1.54, 1.807) is 6.08 Å². The Morgan fingerprint density at radius 1 is 0.846 bits per heavy atom. The van der Waals surface area contributed by atoms with Crippen molar-refractivity contribution in [1.82, 2.24) is 10.3 Å². The van der Waals surface area contributed by atoms with E-state index in [1.165, 1.54) is 0 Å². The first-order valence-corrected chi connectivity index (χ1v) is 8.34. The second kappa shape index (κ2) is 5.69. The van der Waals surface area contributed by atoms with Crippen molar-refractivity contribution < 1.29 is 4.79 Å². The van der Waals surface area contributed by atoms with Gasteiger partial charge < -0.3 is 10.3 Å². The van der Waals surface area contributed by atoms with Gasteiger partial charge in [-0.05, 0) is 66.8 Å². The number of nitrogens with one attached hydrogen (secondary N) is 2. The van der Waals surface area contributed by atoms with Crippen LogP contribution in [0, 0.1) is 0 Å². The van der Waals surface area contributed by atoms with Crippen LogP contribution in [0.1, 0.15) is 0 Å². The van der Waals surface area contributed by atoms with E-state index in [9.17, 15) is 4.79 Å². The number of aromatic amines is 1. The van der Waals surface area contributed by atoms with Gasteiger partial charge in [0.1, 0.15) is 5.94 Å². The number of carbonyl (C=O) groups excluding carboxylic acids is 1. The molecule has 4 aliphatic rings. The summed E-state index contributed by atoms with van der Waals surface area (Å²) in [5, 5.41) is 5.27. The van der Waals surface area contributed by atoms with Crippen molar-refractivity contribution in [1.29, 1.82) is 0 Å². The molecule has 0 aliphatic carbocycles. The highest BCUT2D eigenvalue weighted by atomic mass is 16.1. The molecule has 8 bridgehead atoms. The number of fused-ring (bicyclic) bond motifs is 6. The van der Waals surface area contributed by atoms with Gasteiger partial charge in [-0.1, -0.05) is 0 Å². The molecule has 1 unspecified atom stereocenters. The highest BCUT2D eigenvalue weighted by Gasteiger charge is 2.21. The molecule has 0 amide bonds. The lowest BCUT2D eigenvalue weighted by atomic mass is 10.1. The van der Waals surface area contributed by atoms with Crippen LogP contribution in [0.25, 0.3) is 12.2 Å². The molecule has 5 heteroatoms. The first-order chi connectivity index (χ1) is 12.7. The van der Waals surface area contributed by atoms with Gasteiger partial charge in [0.05, 0.1) is 34.4 Å². The van der Waals surface area contributed by atoms with Gasteiger partial charge in [0.25, 0.3) is 0 Å². The van der Waals surface area contributed by atoms with Gasteiger partial charge in [-0.3, -0.25) is 0 Å². The van der Waals surface area contributed by atoms with Gasteiger partial charge >= 0.3 is 0 Å². The van der Waals surface area contributed by atoms with Crippen LogP contribution >= 0.6 is 0 Å². The molecule has 1 aromatic heterocycles. The molecule has 0 saturated carbocycles. The van der Waals surface area contributed by atoms with Crippen molar-refractivity contribution in [2.24, 2.45) is 9.98 Å². The normalized spacial score (nSPS) is 22.4. The fourth-order valence-electron chi connectivity index (χ4n) is 3.23. The summed E-state index contributed by atoms with van der Waals surface area (Å²) in [7, 11) is 0. The number of rotatable bonds is 0. The number of hydrogen-bond acceptors (Lipinski definition) is 4. The van der Waals surface area contributed by atoms with Crippen molar-refractivity contribution in [3.8, 4) is 0 Å². The van der Waals surface area contributed by atoms with E-state index in [1.807, 2.05) is 66.7 Å². The van der Waals surface area contributed by atoms with Crippen LogP contribution in [-0.4, -0.2) is 28.4 Å². The van der Waals surface area contributed by atoms with Gasteiger partial charge in [-0.15, -0.1) is 0 Å². The molecule has 1 atom stereocenters. The quantitative estimate of drug-likeness (QED) is 0.693. The van der Waals surface area contributed by atoms with Crippen LogP contribution in [0.4, 0.5) is 0 Å². The number of allylic oxidation sites excluding steroid dienone is 5. The molecule has 0 fully saturated rings. The summed E-state index contributed by atoms with van der Waals surface area (Å²) in [6, 6.07) is 3.79. The Hall–Kier alpha value is -3.69. The van der Waals surface area contributed by atoms with E-state index in [4.69, 9.17) is 0 Å². The van der Waals surface area contributed by atoms with Gasteiger partial charge in [0, 0.05) is 16.4 Å². The largest absolute Gasteiger partial charge is 0.374 e. The van der Waals surface area contributed by atoms with E-state index >= 15 is 0 Å². The minimum absolute atomic E-state index is 0.243. The zero-order chi connectivity index (χ0) is 17.5. The van der Waals surface area contributed by atoms with Crippen molar-refractivity contribution in [3.05, 3.63) is 88.0 Å². The Balaban J connectivity index is 1.69. The second-order valence-corrected chi connectivity index (χ2v) is 6.34. The predicted molar refractivity (Wildman–Crippen MR) is 103 cm³/mol. The Labute approximate surface area is 149 Å². The number of hydrogen-bond donors (Lipinski definition) is 2. The predicted octanol–water partition coefficient (Wildman–Crippen LogP) is 0.992. The van der Waals surface area contributed by atoms with Crippen LogP contribution in [0.2, 0.25) is 0 Å². The summed E-state index contributed by atoms with van der Waals surface area (Å²) in [4.78, 5) is 23.9. The molecule has 5 nitrogen and oxygen atoms in total. The first-order valence-electron chi connectivity index (χ1n) is 8.34. The third kappa shape index (κ3) is 2.66. The molecule has 0 saturated heterocycles. The SMILES string of the molecule is O=C=C1C=C2C=C3C=CC(=N3)C=c3ccc([nH]3)=CC3=NC(=CC1N2)C=C3. The average Bonchev–Trinajstić information content (AvgIpc) is 3.39. The smallest absolute Gasteiger partial charge is 0.130 e. The van der Waals surface area contributed by atoms with Crippen LogP contribution in [0.3, 0.4) is 0 Å². The maximum Gasteiger partial charge on any atom is 0.130 e. The standard InChI is InChI=1S/C21H14N4O/c26-12-13-7-20-10-18-4-3-16(23-18)8-14-1-2-15(22-14)9-17-5-6-19(24-17)11-21(13)25-20/h1-11,21-22,25H. The Morgan fingerprint density at radius 3 is 2.27 bits per heavy atom. The molecule has 5 heterocycles. The molecule has 0 radical (unpaired) electrons. The first kappa shape index (κ1) is 14.6. The summed E-state index contributed by atoms with van der Waals surface area (Å²) in [6.07, 6.45) is 17.5. The maximum absolute atomic E-state index is 11.3. The van der Waals surface area contributed by atoms with Crippen molar-refractivity contribution in [3.63, 3.8) is 0 Å². The molecule has 26 heavy (non-hydrogen) atoms. The minimum atomic E-state index is -0.243. The third-order valence-corrected chi connectivity index (χ3v) is 4.43. The van der Waals surface area contributed by atoms with E-state index in [-0.39, 0.29) is 6.04 Å². The van der Waals surface area contributed by atoms with Crippen LogP contribution in [-0.2, 0) is 4.79 Å². The van der Waals surface area contributed by atoms with Crippen LogP contribution in [0.5, 0.6) is 0 Å². The molecule has 5 rings (SSSR count). The van der Waals surface area contributed by atoms with Gasteiger partial charge in [0.15, 0.2) is 0 Å². The monoisotopic (exact) mass is 338 g/mol. The molecule has 1 aromatic rings. The van der Waals surface area contributed by atoms with Gasteiger partial charge in [-0.25, -0.2) is 14.8 Å². The van der Waals surface area contributed by atoms with E-state index in [2.05, 4.69) is 20.3 Å². The van der Waals surface area contributed by atoms with Crippen LogP contribution < -0.4 is 16.0 Å². The topological polar surface area (TPSA) is 69.6 Å². The minimum Gasteiger partial charge on any atom is -0.374 e. The third-order valence-electron chi connectivity index (χ3n) is 4.43. The average molecular weight is 338 g/mol. The number of aromatic nitrogens is 1. The summed E-state index contributed by atoms with van der Waals surface area (Å²) in [5.41, 5.74) is 4.77. The Kier molecular flexibility index (Phi) is 3.20. The van der Waals surface area contributed by atoms with Crippen molar-refractivity contribution in [2.45, 2.75) is 6.04 Å². The fourth-order valence-corrected chi connectivity index (χ4v) is 3.23.